The van der Waals surface area contributed by atoms with Crippen LogP contribution in [0.15, 0.2) is 42.5 Å². The zero-order valence-corrected chi connectivity index (χ0v) is 17.0. The molecule has 0 aliphatic carbocycles. The van der Waals surface area contributed by atoms with E-state index in [0.717, 1.165) is 13.1 Å². The second-order valence-corrected chi connectivity index (χ2v) is 7.38. The van der Waals surface area contributed by atoms with Crippen LogP contribution in [0.4, 0.5) is 5.69 Å². The van der Waals surface area contributed by atoms with Crippen LogP contribution in [0.2, 0.25) is 5.02 Å². The number of rotatable bonds is 5. The van der Waals surface area contributed by atoms with Crippen LogP contribution < -0.4 is 9.64 Å². The van der Waals surface area contributed by atoms with E-state index in [1.54, 1.807) is 12.1 Å². The van der Waals surface area contributed by atoms with Crippen molar-refractivity contribution in [3.63, 3.8) is 0 Å². The lowest BCUT2D eigenvalue weighted by Gasteiger charge is -2.38. The van der Waals surface area contributed by atoms with Crippen molar-refractivity contribution in [3.05, 3.63) is 58.6 Å². The Morgan fingerprint density at radius 2 is 1.78 bits per heavy atom. The summed E-state index contributed by atoms with van der Waals surface area (Å²) in [6, 6.07) is 13.7. The number of piperazine rings is 1. The summed E-state index contributed by atoms with van der Waals surface area (Å²) in [6.07, 6.45) is 0.110. The number of hydrogen-bond acceptors (Lipinski definition) is 3. The molecule has 1 heterocycles. The first-order valence-electron chi connectivity index (χ1n) is 9.52. The molecule has 2 aromatic rings. The van der Waals surface area contributed by atoms with Gasteiger partial charge in [0.25, 0.3) is 5.91 Å². The lowest BCUT2D eigenvalue weighted by atomic mass is 10.1. The Morgan fingerprint density at radius 3 is 2.44 bits per heavy atom. The fraction of sp³-hybridized carbons (Fsp3) is 0.409. The van der Waals surface area contributed by atoms with Crippen molar-refractivity contribution in [2.75, 3.05) is 31.1 Å². The van der Waals surface area contributed by atoms with Crippen LogP contribution in [0.25, 0.3) is 0 Å². The topological polar surface area (TPSA) is 32.8 Å². The van der Waals surface area contributed by atoms with Gasteiger partial charge in [-0.25, -0.2) is 0 Å². The molecule has 1 aliphatic heterocycles. The average molecular weight is 387 g/mol. The lowest BCUT2D eigenvalue weighted by molar-refractivity contribution is -0.139. The average Bonchev–Trinajstić information content (AvgIpc) is 2.69. The van der Waals surface area contributed by atoms with E-state index in [4.69, 9.17) is 16.3 Å². The van der Waals surface area contributed by atoms with Gasteiger partial charge in [-0.15, -0.1) is 0 Å². The van der Waals surface area contributed by atoms with Gasteiger partial charge in [-0.3, -0.25) is 4.79 Å². The Hall–Kier alpha value is -2.20. The summed E-state index contributed by atoms with van der Waals surface area (Å²) >= 11 is 6.17. The van der Waals surface area contributed by atoms with Gasteiger partial charge in [0.15, 0.2) is 6.10 Å². The first-order chi connectivity index (χ1) is 13.0. The third kappa shape index (κ3) is 4.38. The Balaban J connectivity index is 1.63. The van der Waals surface area contributed by atoms with Crippen LogP contribution >= 0.6 is 11.6 Å². The van der Waals surface area contributed by atoms with Crippen molar-refractivity contribution in [1.29, 1.82) is 0 Å². The van der Waals surface area contributed by atoms with Gasteiger partial charge >= 0.3 is 0 Å². The van der Waals surface area contributed by atoms with Gasteiger partial charge in [0.2, 0.25) is 0 Å². The number of carbonyl (C=O) groups excluding carboxylic acids is 1. The van der Waals surface area contributed by atoms with E-state index in [2.05, 4.69) is 36.9 Å². The van der Waals surface area contributed by atoms with Crippen molar-refractivity contribution in [1.82, 2.24) is 4.90 Å². The van der Waals surface area contributed by atoms with E-state index in [-0.39, 0.29) is 5.91 Å². The maximum atomic E-state index is 12.9. The molecule has 0 aromatic heterocycles. The number of hydrogen-bond donors (Lipinski definition) is 0. The maximum absolute atomic E-state index is 12.9. The number of nitrogens with zero attached hydrogens (tertiary/aromatic N) is 2. The van der Waals surface area contributed by atoms with E-state index < -0.39 is 6.10 Å². The van der Waals surface area contributed by atoms with Crippen molar-refractivity contribution >= 4 is 23.2 Å². The van der Waals surface area contributed by atoms with Gasteiger partial charge < -0.3 is 14.5 Å². The Morgan fingerprint density at radius 1 is 1.07 bits per heavy atom. The van der Waals surface area contributed by atoms with E-state index in [1.165, 1.54) is 16.8 Å². The zero-order valence-electron chi connectivity index (χ0n) is 16.2. The molecule has 4 nitrogen and oxygen atoms in total. The zero-order chi connectivity index (χ0) is 19.4. The molecule has 1 amide bonds. The summed E-state index contributed by atoms with van der Waals surface area (Å²) in [5, 5.41) is 0.531. The molecule has 1 saturated heterocycles. The van der Waals surface area contributed by atoms with Gasteiger partial charge in [0.1, 0.15) is 5.75 Å². The number of benzene rings is 2. The molecule has 3 rings (SSSR count). The highest BCUT2D eigenvalue weighted by Gasteiger charge is 2.28. The number of aryl methyl sites for hydroxylation is 1. The highest BCUT2D eigenvalue weighted by atomic mass is 35.5. The smallest absolute Gasteiger partial charge is 0.263 e. The van der Waals surface area contributed by atoms with E-state index >= 15 is 0 Å². The van der Waals surface area contributed by atoms with E-state index in [9.17, 15) is 4.79 Å². The van der Waals surface area contributed by atoms with Crippen molar-refractivity contribution in [2.45, 2.75) is 33.3 Å². The highest BCUT2D eigenvalue weighted by Crippen LogP contribution is 2.26. The molecular formula is C22H27ClN2O2. The molecule has 0 radical (unpaired) electrons. The Kier molecular flexibility index (Phi) is 6.27. The van der Waals surface area contributed by atoms with Gasteiger partial charge in [0, 0.05) is 31.9 Å². The largest absolute Gasteiger partial charge is 0.479 e. The van der Waals surface area contributed by atoms with E-state index in [1.807, 2.05) is 24.0 Å². The Bertz CT molecular complexity index is 801. The number of carbonyl (C=O) groups is 1. The van der Waals surface area contributed by atoms with Crippen molar-refractivity contribution < 1.29 is 9.53 Å². The van der Waals surface area contributed by atoms with Gasteiger partial charge in [-0.1, -0.05) is 42.8 Å². The second kappa shape index (κ2) is 8.66. The molecule has 27 heavy (non-hydrogen) atoms. The molecule has 1 fully saturated rings. The minimum atomic E-state index is -0.503. The molecule has 0 N–H and O–H groups in total. The second-order valence-electron chi connectivity index (χ2n) is 6.98. The molecule has 0 saturated carbocycles. The standard InChI is InChI=1S/C22H27ClN2O2/c1-4-20(27-21-11-6-5-9-18(21)23)22(26)25-14-12-24(13-15-25)19-10-7-8-16(2)17(19)3/h5-11,20H,4,12-15H2,1-3H3/t20-/m1/s1. The van der Waals surface area contributed by atoms with Crippen LogP contribution in [-0.4, -0.2) is 43.1 Å². The van der Waals surface area contributed by atoms with Crippen LogP contribution in [-0.2, 0) is 4.79 Å². The third-order valence-corrected chi connectivity index (χ3v) is 5.57. The van der Waals surface area contributed by atoms with E-state index in [0.29, 0.717) is 30.3 Å². The van der Waals surface area contributed by atoms with Gasteiger partial charge in [-0.05, 0) is 49.6 Å². The molecule has 2 aromatic carbocycles. The molecule has 0 unspecified atom stereocenters. The highest BCUT2D eigenvalue weighted by molar-refractivity contribution is 6.32. The number of amides is 1. The normalized spacial score (nSPS) is 15.6. The maximum Gasteiger partial charge on any atom is 0.263 e. The summed E-state index contributed by atoms with van der Waals surface area (Å²) in [6.45, 7) is 9.33. The molecule has 0 bridgehead atoms. The number of halogens is 1. The van der Waals surface area contributed by atoms with Gasteiger partial charge in [0.05, 0.1) is 5.02 Å². The molecule has 1 atom stereocenters. The number of para-hydroxylation sites is 1. The van der Waals surface area contributed by atoms with Crippen LogP contribution in [0.1, 0.15) is 24.5 Å². The van der Waals surface area contributed by atoms with Crippen LogP contribution in [0.5, 0.6) is 5.75 Å². The quantitative estimate of drug-likeness (QED) is 0.760. The fourth-order valence-corrected chi connectivity index (χ4v) is 3.63. The van der Waals surface area contributed by atoms with Crippen molar-refractivity contribution in [2.24, 2.45) is 0 Å². The lowest BCUT2D eigenvalue weighted by Crippen LogP contribution is -2.52. The first-order valence-corrected chi connectivity index (χ1v) is 9.90. The number of anilines is 1. The predicted octanol–water partition coefficient (Wildman–Crippen LogP) is 4.46. The summed E-state index contributed by atoms with van der Waals surface area (Å²) in [7, 11) is 0. The predicted molar refractivity (Wildman–Crippen MR) is 111 cm³/mol. The molecular weight excluding hydrogens is 360 g/mol. The summed E-state index contributed by atoms with van der Waals surface area (Å²) in [5.41, 5.74) is 3.87. The van der Waals surface area contributed by atoms with Gasteiger partial charge in [-0.2, -0.15) is 0 Å². The monoisotopic (exact) mass is 386 g/mol. The summed E-state index contributed by atoms with van der Waals surface area (Å²) in [4.78, 5) is 17.2. The molecule has 0 spiro atoms. The molecule has 1 aliphatic rings. The first kappa shape index (κ1) is 19.6. The minimum Gasteiger partial charge on any atom is -0.479 e. The van der Waals surface area contributed by atoms with Crippen LogP contribution in [0.3, 0.4) is 0 Å². The summed E-state index contributed by atoms with van der Waals surface area (Å²) < 4.78 is 5.92. The molecule has 144 valence electrons. The SMILES string of the molecule is CC[C@@H](Oc1ccccc1Cl)C(=O)N1CCN(c2cccc(C)c2C)CC1. The number of ether oxygens (including phenoxy) is 1. The molecule has 5 heteroatoms. The fourth-order valence-electron chi connectivity index (χ4n) is 3.45. The summed E-state index contributed by atoms with van der Waals surface area (Å²) in [5.74, 6) is 0.603. The van der Waals surface area contributed by atoms with Crippen LogP contribution in [0, 0.1) is 13.8 Å². The third-order valence-electron chi connectivity index (χ3n) is 5.26. The van der Waals surface area contributed by atoms with Crippen molar-refractivity contribution in [3.8, 4) is 5.75 Å². The Labute approximate surface area is 166 Å². The minimum absolute atomic E-state index is 0.0398.